The molecule has 88 valence electrons. The van der Waals surface area contributed by atoms with Gasteiger partial charge in [0.05, 0.1) is 6.61 Å². The molecule has 0 fully saturated rings. The van der Waals surface area contributed by atoms with Crippen molar-refractivity contribution < 1.29 is 14.6 Å². The van der Waals surface area contributed by atoms with E-state index in [0.717, 1.165) is 25.7 Å². The van der Waals surface area contributed by atoms with E-state index in [4.69, 9.17) is 21.3 Å². The number of allylic oxidation sites excluding steroid dienone is 1. The molecule has 0 amide bonds. The highest BCUT2D eigenvalue weighted by atomic mass is 16.5. The summed E-state index contributed by atoms with van der Waals surface area (Å²) in [6.07, 6.45) is 3.44. The van der Waals surface area contributed by atoms with Crippen molar-refractivity contribution >= 4 is 5.97 Å². The molecule has 0 radical (unpaired) electrons. The van der Waals surface area contributed by atoms with E-state index in [1.54, 1.807) is 6.92 Å². The van der Waals surface area contributed by atoms with Gasteiger partial charge in [0.1, 0.15) is 5.70 Å². The molecule has 0 aliphatic rings. The molecule has 0 aromatic rings. The topological polar surface area (TPSA) is 98.6 Å². The lowest BCUT2D eigenvalue weighted by Crippen LogP contribution is -2.19. The molecule has 0 saturated heterocycles. The van der Waals surface area contributed by atoms with E-state index in [0.29, 0.717) is 6.61 Å². The van der Waals surface area contributed by atoms with E-state index in [1.165, 1.54) is 0 Å². The normalized spacial score (nSPS) is 12.1. The predicted octanol–water partition coefficient (Wildman–Crippen LogP) is 0.231. The van der Waals surface area contributed by atoms with Crippen LogP contribution >= 0.6 is 0 Å². The molecule has 0 bridgehead atoms. The van der Waals surface area contributed by atoms with Gasteiger partial charge in [-0.15, -0.1) is 0 Å². The predicted molar refractivity (Wildman–Crippen MR) is 57.6 cm³/mol. The van der Waals surface area contributed by atoms with Crippen LogP contribution in [0.15, 0.2) is 11.4 Å². The molecule has 0 rings (SSSR count). The summed E-state index contributed by atoms with van der Waals surface area (Å²) in [5.41, 5.74) is 11.0. The smallest absolute Gasteiger partial charge is 0.355 e. The van der Waals surface area contributed by atoms with Crippen molar-refractivity contribution in [3.8, 4) is 0 Å². The van der Waals surface area contributed by atoms with Gasteiger partial charge in [-0.1, -0.05) is 6.42 Å². The van der Waals surface area contributed by atoms with Gasteiger partial charge in [0.2, 0.25) is 0 Å². The monoisotopic (exact) mass is 216 g/mol. The molecule has 0 atom stereocenters. The van der Waals surface area contributed by atoms with Gasteiger partial charge in [-0.3, -0.25) is 0 Å². The maximum atomic E-state index is 11.1. The summed E-state index contributed by atoms with van der Waals surface area (Å²) in [6, 6.07) is 0. The maximum Gasteiger partial charge on any atom is 0.355 e. The van der Waals surface area contributed by atoms with Gasteiger partial charge in [0, 0.05) is 12.3 Å². The lowest BCUT2D eigenvalue weighted by atomic mass is 10.2. The zero-order valence-electron chi connectivity index (χ0n) is 9.16. The first-order valence-corrected chi connectivity index (χ1v) is 5.09. The molecule has 0 saturated carbocycles. The molecule has 5 nitrogen and oxygen atoms in total. The molecule has 0 aromatic heterocycles. The quantitative estimate of drug-likeness (QED) is 0.321. The number of aliphatic hydroxyl groups excluding tert-OH is 1. The summed E-state index contributed by atoms with van der Waals surface area (Å²) in [6.45, 7) is 2.11. The molecule has 0 heterocycles. The van der Waals surface area contributed by atoms with E-state index < -0.39 is 5.97 Å². The van der Waals surface area contributed by atoms with Crippen LogP contribution in [0.25, 0.3) is 0 Å². The van der Waals surface area contributed by atoms with Crippen LogP contribution in [-0.4, -0.2) is 24.3 Å². The standard InChI is InChI=1S/C10H20N2O3/c1-8(11)9(12)10(14)15-7-5-3-2-4-6-13/h13H,2-7,11-12H2,1H3/b9-8+. The number of hydrogen-bond acceptors (Lipinski definition) is 5. The fraction of sp³-hybridized carbons (Fsp3) is 0.700. The third-order valence-electron chi connectivity index (χ3n) is 1.93. The average Bonchev–Trinajstić information content (AvgIpc) is 2.21. The Kier molecular flexibility index (Phi) is 7.44. The van der Waals surface area contributed by atoms with Crippen molar-refractivity contribution in [2.45, 2.75) is 32.6 Å². The zero-order valence-corrected chi connectivity index (χ0v) is 9.16. The Bertz CT molecular complexity index is 223. The second-order valence-electron chi connectivity index (χ2n) is 3.37. The molecule has 5 heteroatoms. The highest BCUT2D eigenvalue weighted by molar-refractivity contribution is 5.87. The van der Waals surface area contributed by atoms with Crippen molar-refractivity contribution in [1.82, 2.24) is 0 Å². The largest absolute Gasteiger partial charge is 0.461 e. The highest BCUT2D eigenvalue weighted by Crippen LogP contribution is 2.01. The van der Waals surface area contributed by atoms with Gasteiger partial charge in [-0.05, 0) is 26.2 Å². The molecule has 0 aromatic carbocycles. The van der Waals surface area contributed by atoms with E-state index in [-0.39, 0.29) is 18.0 Å². The number of nitrogens with two attached hydrogens (primary N) is 2. The minimum absolute atomic E-state index is 0.0228. The summed E-state index contributed by atoms with van der Waals surface area (Å²) in [7, 11) is 0. The summed E-state index contributed by atoms with van der Waals surface area (Å²) in [5.74, 6) is -0.558. The summed E-state index contributed by atoms with van der Waals surface area (Å²) < 4.78 is 4.88. The number of ether oxygens (including phenoxy) is 1. The van der Waals surface area contributed by atoms with Gasteiger partial charge in [-0.25, -0.2) is 4.79 Å². The van der Waals surface area contributed by atoms with Gasteiger partial charge >= 0.3 is 5.97 Å². The van der Waals surface area contributed by atoms with Gasteiger partial charge < -0.3 is 21.3 Å². The zero-order chi connectivity index (χ0) is 11.7. The molecular formula is C10H20N2O3. The Hall–Kier alpha value is -1.23. The van der Waals surface area contributed by atoms with Crippen molar-refractivity contribution in [3.05, 3.63) is 11.4 Å². The number of carbonyl (C=O) groups is 1. The minimum atomic E-state index is -0.558. The van der Waals surface area contributed by atoms with E-state index in [9.17, 15) is 4.79 Å². The van der Waals surface area contributed by atoms with E-state index in [1.807, 2.05) is 0 Å². The SMILES string of the molecule is C/C(N)=C(\N)C(=O)OCCCCCCO. The van der Waals surface area contributed by atoms with Gasteiger partial charge in [0.25, 0.3) is 0 Å². The molecule has 5 N–H and O–H groups in total. The van der Waals surface area contributed by atoms with Crippen molar-refractivity contribution in [2.75, 3.05) is 13.2 Å². The van der Waals surface area contributed by atoms with Crippen molar-refractivity contribution in [2.24, 2.45) is 11.5 Å². The number of carbonyl (C=O) groups excluding carboxylic acids is 1. The van der Waals surface area contributed by atoms with E-state index >= 15 is 0 Å². The van der Waals surface area contributed by atoms with Crippen LogP contribution in [0.1, 0.15) is 32.6 Å². The van der Waals surface area contributed by atoms with Crippen LogP contribution in [-0.2, 0) is 9.53 Å². The van der Waals surface area contributed by atoms with Gasteiger partial charge in [0.15, 0.2) is 0 Å². The minimum Gasteiger partial charge on any atom is -0.461 e. The molecule has 0 aliphatic carbocycles. The lowest BCUT2D eigenvalue weighted by Gasteiger charge is -2.05. The third kappa shape index (κ3) is 6.79. The first-order valence-electron chi connectivity index (χ1n) is 5.09. The van der Waals surface area contributed by atoms with Gasteiger partial charge in [-0.2, -0.15) is 0 Å². The van der Waals surface area contributed by atoms with Crippen molar-refractivity contribution in [1.29, 1.82) is 0 Å². The first-order chi connectivity index (χ1) is 7.09. The Morgan fingerprint density at radius 2 is 1.80 bits per heavy atom. The average molecular weight is 216 g/mol. The Labute approximate surface area is 90.1 Å². The first kappa shape index (κ1) is 13.8. The number of esters is 1. The van der Waals surface area contributed by atoms with Crippen molar-refractivity contribution in [3.63, 3.8) is 0 Å². The third-order valence-corrected chi connectivity index (χ3v) is 1.93. The van der Waals surface area contributed by atoms with E-state index in [2.05, 4.69) is 0 Å². The summed E-state index contributed by atoms with van der Waals surface area (Å²) in [4.78, 5) is 11.1. The van der Waals surface area contributed by atoms with Crippen LogP contribution in [0, 0.1) is 0 Å². The molecular weight excluding hydrogens is 196 g/mol. The van der Waals surface area contributed by atoms with Crippen LogP contribution in [0.2, 0.25) is 0 Å². The number of hydrogen-bond donors (Lipinski definition) is 3. The second kappa shape index (κ2) is 8.11. The fourth-order valence-corrected chi connectivity index (χ4v) is 0.971. The highest BCUT2D eigenvalue weighted by Gasteiger charge is 2.07. The number of unbranched alkanes of at least 4 members (excludes halogenated alkanes) is 3. The molecule has 0 spiro atoms. The Balaban J connectivity index is 3.52. The molecule has 0 unspecified atom stereocenters. The summed E-state index contributed by atoms with van der Waals surface area (Å²) >= 11 is 0. The Morgan fingerprint density at radius 1 is 1.20 bits per heavy atom. The van der Waals surface area contributed by atoms with Crippen LogP contribution in [0.4, 0.5) is 0 Å². The summed E-state index contributed by atoms with van der Waals surface area (Å²) in [5, 5.41) is 8.52. The maximum absolute atomic E-state index is 11.1. The van der Waals surface area contributed by atoms with Crippen LogP contribution < -0.4 is 11.5 Å². The van der Waals surface area contributed by atoms with Crippen LogP contribution in [0.3, 0.4) is 0 Å². The van der Waals surface area contributed by atoms with Crippen LogP contribution in [0.5, 0.6) is 0 Å². The Morgan fingerprint density at radius 3 is 2.33 bits per heavy atom. The second-order valence-corrected chi connectivity index (χ2v) is 3.37. The molecule has 15 heavy (non-hydrogen) atoms. The lowest BCUT2D eigenvalue weighted by molar-refractivity contribution is -0.139. The molecule has 0 aliphatic heterocycles. The number of aliphatic hydroxyl groups is 1. The number of rotatable bonds is 7. The fourth-order valence-electron chi connectivity index (χ4n) is 0.971.